The molecule has 1 aliphatic carbocycles. The minimum absolute atomic E-state index is 0.0179. The van der Waals surface area contributed by atoms with Gasteiger partial charge in [-0.3, -0.25) is 4.79 Å². The molecule has 5 heteroatoms. The molecule has 0 heterocycles. The molecule has 1 unspecified atom stereocenters. The number of benzene rings is 1. The standard InChI is InChI=1S/C18H20FNO3/c1-3-11-23-20-15(4-2)17-16(21)10-9-14(18(17)22)12-5-7-13(19)8-6-12/h3,5-8,14,22H,1,4,9-11H2,2H3. The molecule has 0 saturated carbocycles. The minimum atomic E-state index is -0.335. The van der Waals surface area contributed by atoms with E-state index in [0.29, 0.717) is 25.0 Å². The second-order valence-corrected chi connectivity index (χ2v) is 5.30. The highest BCUT2D eigenvalue weighted by Crippen LogP contribution is 2.35. The molecule has 4 nitrogen and oxygen atoms in total. The third kappa shape index (κ3) is 3.86. The predicted molar refractivity (Wildman–Crippen MR) is 86.9 cm³/mol. The lowest BCUT2D eigenvalue weighted by atomic mass is 9.81. The number of Topliss-reactive ketones (excluding diaryl/α,β-unsaturated/α-hetero) is 1. The van der Waals surface area contributed by atoms with Crippen molar-refractivity contribution in [2.45, 2.75) is 32.1 Å². The molecule has 0 aromatic heterocycles. The molecule has 1 aromatic rings. The van der Waals surface area contributed by atoms with E-state index in [1.165, 1.54) is 12.1 Å². The van der Waals surface area contributed by atoms with E-state index in [0.717, 1.165) is 5.56 Å². The van der Waals surface area contributed by atoms with Crippen LogP contribution in [0.3, 0.4) is 0 Å². The van der Waals surface area contributed by atoms with E-state index in [9.17, 15) is 14.3 Å². The maximum Gasteiger partial charge on any atom is 0.168 e. The van der Waals surface area contributed by atoms with Gasteiger partial charge in [-0.2, -0.15) is 0 Å². The molecule has 1 N–H and O–H groups in total. The first-order valence-electron chi connectivity index (χ1n) is 7.60. The molecule has 23 heavy (non-hydrogen) atoms. The highest BCUT2D eigenvalue weighted by molar-refractivity contribution is 6.23. The maximum absolute atomic E-state index is 13.1. The summed E-state index contributed by atoms with van der Waals surface area (Å²) >= 11 is 0. The summed E-state index contributed by atoms with van der Waals surface area (Å²) in [6.07, 6.45) is 2.81. The summed E-state index contributed by atoms with van der Waals surface area (Å²) < 4.78 is 13.1. The van der Waals surface area contributed by atoms with Crippen LogP contribution < -0.4 is 0 Å². The highest BCUT2D eigenvalue weighted by atomic mass is 19.1. The average molecular weight is 317 g/mol. The molecule has 0 aliphatic heterocycles. The van der Waals surface area contributed by atoms with Crippen molar-refractivity contribution < 1.29 is 19.1 Å². The van der Waals surface area contributed by atoms with E-state index in [-0.39, 0.29) is 35.5 Å². The summed E-state index contributed by atoms with van der Waals surface area (Å²) in [5, 5.41) is 14.5. The molecular formula is C18H20FNO3. The van der Waals surface area contributed by atoms with E-state index in [1.54, 1.807) is 18.2 Å². The summed E-state index contributed by atoms with van der Waals surface area (Å²) in [6.45, 7) is 5.60. The van der Waals surface area contributed by atoms with Crippen LogP contribution in [-0.4, -0.2) is 23.2 Å². The van der Waals surface area contributed by atoms with Gasteiger partial charge in [0, 0.05) is 12.3 Å². The number of aliphatic hydroxyl groups excluding tert-OH is 1. The molecule has 0 saturated heterocycles. The fourth-order valence-electron chi connectivity index (χ4n) is 2.64. The van der Waals surface area contributed by atoms with Crippen molar-refractivity contribution in [1.29, 1.82) is 0 Å². The van der Waals surface area contributed by atoms with Crippen LogP contribution in [0.5, 0.6) is 0 Å². The summed E-state index contributed by atoms with van der Waals surface area (Å²) in [4.78, 5) is 17.3. The van der Waals surface area contributed by atoms with Crippen molar-refractivity contribution in [2.75, 3.05) is 6.61 Å². The van der Waals surface area contributed by atoms with Gasteiger partial charge < -0.3 is 9.94 Å². The first-order valence-corrected chi connectivity index (χ1v) is 7.60. The number of allylic oxidation sites excluding steroid dienone is 2. The fraction of sp³-hybridized carbons (Fsp3) is 0.333. The zero-order valence-corrected chi connectivity index (χ0v) is 13.1. The lowest BCUT2D eigenvalue weighted by Crippen LogP contribution is -2.24. The Balaban J connectivity index is 2.39. The molecule has 122 valence electrons. The summed E-state index contributed by atoms with van der Waals surface area (Å²) in [5.74, 6) is -0.836. The van der Waals surface area contributed by atoms with Gasteiger partial charge in [0.05, 0.1) is 11.3 Å². The van der Waals surface area contributed by atoms with Crippen LogP contribution in [-0.2, 0) is 9.63 Å². The number of hydrogen-bond donors (Lipinski definition) is 1. The Bertz CT molecular complexity index is 647. The quantitative estimate of drug-likeness (QED) is 0.373. The van der Waals surface area contributed by atoms with Crippen molar-refractivity contribution in [2.24, 2.45) is 5.16 Å². The highest BCUT2D eigenvalue weighted by Gasteiger charge is 2.32. The number of oxime groups is 1. The van der Waals surface area contributed by atoms with Crippen LogP contribution in [0.1, 0.15) is 37.7 Å². The van der Waals surface area contributed by atoms with E-state index >= 15 is 0 Å². The first-order chi connectivity index (χ1) is 11.1. The number of rotatable bonds is 6. The number of nitrogens with zero attached hydrogens (tertiary/aromatic N) is 1. The van der Waals surface area contributed by atoms with Gasteiger partial charge in [-0.05, 0) is 30.5 Å². The monoisotopic (exact) mass is 317 g/mol. The first kappa shape index (κ1) is 16.9. The zero-order chi connectivity index (χ0) is 16.8. The van der Waals surface area contributed by atoms with Crippen LogP contribution >= 0.6 is 0 Å². The molecular weight excluding hydrogens is 297 g/mol. The molecule has 1 aromatic carbocycles. The van der Waals surface area contributed by atoms with Crippen molar-refractivity contribution in [3.05, 3.63) is 59.6 Å². The van der Waals surface area contributed by atoms with E-state index in [2.05, 4.69) is 11.7 Å². The molecule has 1 atom stereocenters. The van der Waals surface area contributed by atoms with Crippen molar-refractivity contribution in [3.8, 4) is 0 Å². The SMILES string of the molecule is C=CCON=C(CC)C1=C(O)C(c2ccc(F)cc2)CCC1=O. The Labute approximate surface area is 135 Å². The summed E-state index contributed by atoms with van der Waals surface area (Å²) in [6, 6.07) is 5.95. The smallest absolute Gasteiger partial charge is 0.168 e. The Morgan fingerprint density at radius 1 is 1.48 bits per heavy atom. The molecule has 0 radical (unpaired) electrons. The topological polar surface area (TPSA) is 58.9 Å². The molecule has 0 amide bonds. The third-order valence-corrected chi connectivity index (χ3v) is 3.79. The van der Waals surface area contributed by atoms with Gasteiger partial charge in [0.2, 0.25) is 0 Å². The van der Waals surface area contributed by atoms with E-state index in [4.69, 9.17) is 4.84 Å². The lowest BCUT2D eigenvalue weighted by molar-refractivity contribution is -0.116. The van der Waals surface area contributed by atoms with Crippen LogP contribution in [0.25, 0.3) is 0 Å². The Kier molecular flexibility index (Phi) is 5.68. The van der Waals surface area contributed by atoms with Crippen LogP contribution in [0, 0.1) is 5.82 Å². The zero-order valence-electron chi connectivity index (χ0n) is 13.1. The number of hydrogen-bond acceptors (Lipinski definition) is 4. The van der Waals surface area contributed by atoms with Gasteiger partial charge in [0.1, 0.15) is 18.2 Å². The molecule has 0 fully saturated rings. The molecule has 1 aliphatic rings. The van der Waals surface area contributed by atoms with Gasteiger partial charge in [-0.25, -0.2) is 4.39 Å². The maximum atomic E-state index is 13.1. The molecule has 0 spiro atoms. The summed E-state index contributed by atoms with van der Waals surface area (Å²) in [5.41, 5.74) is 1.41. The van der Waals surface area contributed by atoms with Gasteiger partial charge in [-0.1, -0.05) is 36.9 Å². The number of carbonyl (C=O) groups is 1. The van der Waals surface area contributed by atoms with Gasteiger partial charge in [-0.15, -0.1) is 0 Å². The number of ketones is 1. The number of carbonyl (C=O) groups excluding carboxylic acids is 1. The largest absolute Gasteiger partial charge is 0.511 e. The Morgan fingerprint density at radius 2 is 2.17 bits per heavy atom. The van der Waals surface area contributed by atoms with Crippen molar-refractivity contribution in [1.82, 2.24) is 0 Å². The fourth-order valence-corrected chi connectivity index (χ4v) is 2.64. The summed E-state index contributed by atoms with van der Waals surface area (Å²) in [7, 11) is 0. The second kappa shape index (κ2) is 7.72. The van der Waals surface area contributed by atoms with Crippen LogP contribution in [0.2, 0.25) is 0 Å². The predicted octanol–water partition coefficient (Wildman–Crippen LogP) is 4.05. The van der Waals surface area contributed by atoms with E-state index < -0.39 is 0 Å². The second-order valence-electron chi connectivity index (χ2n) is 5.30. The Hall–Kier alpha value is -2.43. The van der Waals surface area contributed by atoms with Crippen molar-refractivity contribution >= 4 is 11.5 Å². The third-order valence-electron chi connectivity index (χ3n) is 3.79. The average Bonchev–Trinajstić information content (AvgIpc) is 2.54. The van der Waals surface area contributed by atoms with Crippen molar-refractivity contribution in [3.63, 3.8) is 0 Å². The molecule has 0 bridgehead atoms. The van der Waals surface area contributed by atoms with E-state index in [1.807, 2.05) is 6.92 Å². The van der Waals surface area contributed by atoms with Crippen LogP contribution in [0.15, 0.2) is 53.4 Å². The van der Waals surface area contributed by atoms with Gasteiger partial charge >= 0.3 is 0 Å². The molecule has 2 rings (SSSR count). The number of aliphatic hydroxyl groups is 1. The van der Waals surface area contributed by atoms with Crippen LogP contribution in [0.4, 0.5) is 4.39 Å². The normalized spacial score (nSPS) is 19.0. The van der Waals surface area contributed by atoms with Gasteiger partial charge in [0.25, 0.3) is 0 Å². The van der Waals surface area contributed by atoms with Gasteiger partial charge in [0.15, 0.2) is 5.78 Å². The number of halogens is 1. The lowest BCUT2D eigenvalue weighted by Gasteiger charge is -2.24. The Morgan fingerprint density at radius 3 is 2.78 bits per heavy atom. The minimum Gasteiger partial charge on any atom is -0.511 e.